The van der Waals surface area contributed by atoms with Crippen molar-refractivity contribution in [1.29, 1.82) is 5.26 Å². The fourth-order valence-corrected chi connectivity index (χ4v) is 5.99. The van der Waals surface area contributed by atoms with Gasteiger partial charge in [-0.1, -0.05) is 49.7 Å². The second-order valence-corrected chi connectivity index (χ2v) is 12.4. The van der Waals surface area contributed by atoms with Crippen LogP contribution in [0, 0.1) is 11.3 Å². The molecule has 2 atom stereocenters. The highest BCUT2D eigenvalue weighted by molar-refractivity contribution is 7.91. The Hall–Kier alpha value is -3.68. The Morgan fingerprint density at radius 1 is 1.02 bits per heavy atom. The smallest absolute Gasteiger partial charge is 0.344 e. The molecule has 3 aromatic rings. The van der Waals surface area contributed by atoms with Crippen LogP contribution in [0.5, 0.6) is 0 Å². The lowest BCUT2D eigenvalue weighted by Crippen LogP contribution is -2.33. The monoisotopic (exact) mass is 583 g/mol. The largest absolute Gasteiger partial charge is 0.416 e. The van der Waals surface area contributed by atoms with Crippen molar-refractivity contribution in [1.82, 2.24) is 10.2 Å². The van der Waals surface area contributed by atoms with Crippen LogP contribution in [0.1, 0.15) is 77.3 Å². The van der Waals surface area contributed by atoms with Crippen molar-refractivity contribution in [3.63, 3.8) is 0 Å². The molecule has 6 nitrogen and oxygen atoms in total. The number of nitrogens with zero attached hydrogens (tertiary/aromatic N) is 2. The standard InChI is InChI=1S/C31H32F3N3O3S/c1-2-41(39,40)27-16-12-23(13-17-27)28(18-19-35)36-30(38)25-10-8-24(9-11-25)29-5-3-4-20-37(29)21-22-6-14-26(15-7-22)31(32,33)34/h6-17,28-29H,2-5,18,20-21H2,1H3,(H,36,38). The van der Waals surface area contributed by atoms with Crippen LogP contribution in [0.3, 0.4) is 0 Å². The highest BCUT2D eigenvalue weighted by Gasteiger charge is 2.30. The fraction of sp³-hybridized carbons (Fsp3) is 0.355. The van der Waals surface area contributed by atoms with Crippen LogP contribution in [0.15, 0.2) is 77.7 Å². The van der Waals surface area contributed by atoms with Crippen LogP contribution in [0.25, 0.3) is 0 Å². The number of halogens is 3. The molecule has 1 heterocycles. The second-order valence-electron chi connectivity index (χ2n) is 10.2. The number of alkyl halides is 3. The van der Waals surface area contributed by atoms with Crippen molar-refractivity contribution in [2.45, 2.75) is 62.3 Å². The molecular formula is C31H32F3N3O3S. The summed E-state index contributed by atoms with van der Waals surface area (Å²) in [6, 6.07) is 20.3. The number of nitriles is 1. The molecular weight excluding hydrogens is 551 g/mol. The first kappa shape index (κ1) is 30.3. The van der Waals surface area contributed by atoms with Crippen molar-refractivity contribution >= 4 is 15.7 Å². The molecule has 1 aliphatic rings. The summed E-state index contributed by atoms with van der Waals surface area (Å²) in [5.41, 5.74) is 2.22. The van der Waals surface area contributed by atoms with E-state index in [9.17, 15) is 31.6 Å². The molecule has 2 unspecified atom stereocenters. The maximum atomic E-state index is 13.1. The van der Waals surface area contributed by atoms with Crippen molar-refractivity contribution < 1.29 is 26.4 Å². The molecule has 4 rings (SSSR count). The van der Waals surface area contributed by atoms with Gasteiger partial charge < -0.3 is 5.32 Å². The van der Waals surface area contributed by atoms with E-state index in [4.69, 9.17) is 0 Å². The van der Waals surface area contributed by atoms with E-state index in [1.165, 1.54) is 24.3 Å². The average molecular weight is 584 g/mol. The lowest BCUT2D eigenvalue weighted by Gasteiger charge is -2.36. The molecule has 0 radical (unpaired) electrons. The topological polar surface area (TPSA) is 90.3 Å². The first-order chi connectivity index (χ1) is 19.5. The van der Waals surface area contributed by atoms with Crippen LogP contribution >= 0.6 is 0 Å². The van der Waals surface area contributed by atoms with Crippen LogP contribution in [0.4, 0.5) is 13.2 Å². The zero-order valence-corrected chi connectivity index (χ0v) is 23.5. The van der Waals surface area contributed by atoms with E-state index in [0.717, 1.165) is 49.1 Å². The third-order valence-corrected chi connectivity index (χ3v) is 9.21. The number of hydrogen-bond donors (Lipinski definition) is 1. The molecule has 0 aromatic heterocycles. The number of likely N-dealkylation sites (tertiary alicyclic amines) is 1. The van der Waals surface area contributed by atoms with Gasteiger partial charge in [0.1, 0.15) is 0 Å². The van der Waals surface area contributed by atoms with Gasteiger partial charge in [-0.3, -0.25) is 9.69 Å². The van der Waals surface area contributed by atoms with Gasteiger partial charge >= 0.3 is 6.18 Å². The molecule has 1 aliphatic heterocycles. The summed E-state index contributed by atoms with van der Waals surface area (Å²) in [7, 11) is -3.36. The first-order valence-electron chi connectivity index (χ1n) is 13.5. The number of hydrogen-bond acceptors (Lipinski definition) is 5. The van der Waals surface area contributed by atoms with Crippen molar-refractivity contribution in [3.8, 4) is 6.07 Å². The van der Waals surface area contributed by atoms with Gasteiger partial charge in [0.05, 0.1) is 34.7 Å². The third-order valence-electron chi connectivity index (χ3n) is 7.46. The summed E-state index contributed by atoms with van der Waals surface area (Å²) in [6.45, 7) is 2.92. The lowest BCUT2D eigenvalue weighted by atomic mass is 9.93. The minimum Gasteiger partial charge on any atom is -0.344 e. The van der Waals surface area contributed by atoms with Crippen LogP contribution in [-0.4, -0.2) is 31.5 Å². The zero-order valence-electron chi connectivity index (χ0n) is 22.7. The van der Waals surface area contributed by atoms with Gasteiger partial charge in [0.15, 0.2) is 9.84 Å². The molecule has 216 valence electrons. The lowest BCUT2D eigenvalue weighted by molar-refractivity contribution is -0.137. The Bertz CT molecular complexity index is 1480. The summed E-state index contributed by atoms with van der Waals surface area (Å²) < 4.78 is 63.0. The Labute approximate surface area is 238 Å². The number of amides is 1. The molecule has 0 spiro atoms. The van der Waals surface area contributed by atoms with Gasteiger partial charge in [-0.05, 0) is 72.5 Å². The molecule has 1 N–H and O–H groups in total. The van der Waals surface area contributed by atoms with Crippen LogP contribution in [-0.2, 0) is 22.6 Å². The number of rotatable bonds is 9. The Morgan fingerprint density at radius 3 is 2.27 bits per heavy atom. The van der Waals surface area contributed by atoms with E-state index in [-0.39, 0.29) is 29.0 Å². The molecule has 0 saturated carbocycles. The molecule has 3 aromatic carbocycles. The van der Waals surface area contributed by atoms with Gasteiger partial charge in [-0.2, -0.15) is 18.4 Å². The summed E-state index contributed by atoms with van der Waals surface area (Å²) in [5.74, 6) is -0.374. The minimum atomic E-state index is -4.36. The van der Waals surface area contributed by atoms with E-state index >= 15 is 0 Å². The van der Waals surface area contributed by atoms with Crippen LogP contribution in [0.2, 0.25) is 0 Å². The number of benzene rings is 3. The normalized spacial score (nSPS) is 17.0. The minimum absolute atomic E-state index is 0.0185. The van der Waals surface area contributed by atoms with Crippen molar-refractivity contribution in [2.75, 3.05) is 12.3 Å². The Kier molecular flexibility index (Phi) is 9.51. The third kappa shape index (κ3) is 7.54. The molecule has 0 aliphatic carbocycles. The molecule has 1 fully saturated rings. The Morgan fingerprint density at radius 2 is 1.68 bits per heavy atom. The number of carbonyl (C=O) groups is 1. The van der Waals surface area contributed by atoms with E-state index in [2.05, 4.69) is 16.3 Å². The van der Waals surface area contributed by atoms with Gasteiger partial charge in [0.2, 0.25) is 0 Å². The van der Waals surface area contributed by atoms with Crippen LogP contribution < -0.4 is 5.32 Å². The van der Waals surface area contributed by atoms with E-state index < -0.39 is 27.6 Å². The van der Waals surface area contributed by atoms with Gasteiger partial charge in [-0.25, -0.2) is 8.42 Å². The predicted molar refractivity (Wildman–Crippen MR) is 149 cm³/mol. The number of piperidine rings is 1. The molecule has 41 heavy (non-hydrogen) atoms. The maximum absolute atomic E-state index is 13.1. The van der Waals surface area contributed by atoms with Gasteiger partial charge in [0.25, 0.3) is 5.91 Å². The highest BCUT2D eigenvalue weighted by Crippen LogP contribution is 2.34. The summed E-state index contributed by atoms with van der Waals surface area (Å²) >= 11 is 0. The molecule has 10 heteroatoms. The summed E-state index contributed by atoms with van der Waals surface area (Å²) in [4.78, 5) is 15.5. The van der Waals surface area contributed by atoms with E-state index in [0.29, 0.717) is 17.7 Å². The van der Waals surface area contributed by atoms with Crippen molar-refractivity contribution in [2.24, 2.45) is 0 Å². The predicted octanol–water partition coefficient (Wildman–Crippen LogP) is 6.61. The zero-order chi connectivity index (χ0) is 29.6. The van der Waals surface area contributed by atoms with Gasteiger partial charge in [-0.15, -0.1) is 0 Å². The SMILES string of the molecule is CCS(=O)(=O)c1ccc(C(CC#N)NC(=O)c2ccc(C3CCCCN3Cc3ccc(C(F)(F)F)cc3)cc2)cc1. The number of carbonyl (C=O) groups excluding carboxylic acids is 1. The molecule has 1 amide bonds. The second kappa shape index (κ2) is 12.9. The van der Waals surface area contributed by atoms with Crippen molar-refractivity contribution in [3.05, 3.63) is 101 Å². The van der Waals surface area contributed by atoms with E-state index in [1.807, 2.05) is 12.1 Å². The average Bonchev–Trinajstić information content (AvgIpc) is 2.97. The fourth-order valence-electron chi connectivity index (χ4n) is 5.11. The summed E-state index contributed by atoms with van der Waals surface area (Å²) in [5, 5.41) is 12.2. The van der Waals surface area contributed by atoms with Gasteiger partial charge in [0, 0.05) is 18.2 Å². The first-order valence-corrected chi connectivity index (χ1v) is 15.2. The van der Waals surface area contributed by atoms with E-state index in [1.54, 1.807) is 31.2 Å². The maximum Gasteiger partial charge on any atom is 0.416 e. The number of sulfone groups is 1. The highest BCUT2D eigenvalue weighted by atomic mass is 32.2. The Balaban J connectivity index is 1.44. The quantitative estimate of drug-likeness (QED) is 0.306. The summed E-state index contributed by atoms with van der Waals surface area (Å²) in [6.07, 6.45) is -1.41. The molecule has 0 bridgehead atoms. The number of nitrogens with one attached hydrogen (secondary N) is 1. The molecule has 1 saturated heterocycles.